The molecule has 0 N–H and O–H groups in total. The second kappa shape index (κ2) is 2.42. The lowest BCUT2D eigenvalue weighted by molar-refractivity contribution is 0.0455. The minimum atomic E-state index is 0.374. The van der Waals surface area contributed by atoms with Gasteiger partial charge < -0.3 is 4.18 Å². The van der Waals surface area contributed by atoms with Gasteiger partial charge in [-0.3, -0.25) is 0 Å². The summed E-state index contributed by atoms with van der Waals surface area (Å²) < 4.78 is 5.28. The maximum atomic E-state index is 5.28. The van der Waals surface area contributed by atoms with Gasteiger partial charge >= 0.3 is 0 Å². The van der Waals surface area contributed by atoms with Crippen LogP contribution >= 0.6 is 12.9 Å². The largest absolute Gasteiger partial charge is 0.315 e. The zero-order valence-corrected chi connectivity index (χ0v) is 9.03. The maximum absolute atomic E-state index is 5.28. The molecule has 2 fully saturated rings. The lowest BCUT2D eigenvalue weighted by atomic mass is 9.70. The van der Waals surface area contributed by atoms with Crippen LogP contribution in [0.5, 0.6) is 0 Å². The number of hydrogen-bond acceptors (Lipinski definition) is 2. The minimum Gasteiger partial charge on any atom is -0.315 e. The maximum Gasteiger partial charge on any atom is 0.0780 e. The first kappa shape index (κ1) is 8.89. The van der Waals surface area contributed by atoms with E-state index in [2.05, 4.69) is 33.7 Å². The molecule has 0 heterocycles. The molecule has 2 rings (SSSR count). The van der Waals surface area contributed by atoms with Crippen molar-refractivity contribution in [2.45, 2.75) is 46.1 Å². The van der Waals surface area contributed by atoms with Gasteiger partial charge in [0.25, 0.3) is 0 Å². The smallest absolute Gasteiger partial charge is 0.0780 e. The molecular formula is C10H18OS. The molecule has 2 saturated carbocycles. The van der Waals surface area contributed by atoms with Crippen LogP contribution in [0.2, 0.25) is 0 Å². The Morgan fingerprint density at radius 1 is 1.33 bits per heavy atom. The van der Waals surface area contributed by atoms with Crippen LogP contribution in [0.15, 0.2) is 0 Å². The van der Waals surface area contributed by atoms with E-state index < -0.39 is 0 Å². The van der Waals surface area contributed by atoms with Gasteiger partial charge in [-0.05, 0) is 43.5 Å². The molecule has 2 bridgehead atoms. The second-order valence-electron chi connectivity index (χ2n) is 5.20. The number of rotatable bonds is 1. The summed E-state index contributed by atoms with van der Waals surface area (Å²) in [4.78, 5) is 0. The van der Waals surface area contributed by atoms with Crippen molar-refractivity contribution in [2.75, 3.05) is 0 Å². The molecule has 0 spiro atoms. The van der Waals surface area contributed by atoms with Gasteiger partial charge in [0.05, 0.1) is 6.10 Å². The highest BCUT2D eigenvalue weighted by molar-refractivity contribution is 7.75. The molecule has 1 nitrogen and oxygen atoms in total. The van der Waals surface area contributed by atoms with Crippen molar-refractivity contribution < 1.29 is 4.18 Å². The molecule has 0 aromatic heterocycles. The van der Waals surface area contributed by atoms with Gasteiger partial charge in [-0.1, -0.05) is 20.8 Å². The summed E-state index contributed by atoms with van der Waals surface area (Å²) in [6.45, 7) is 7.13. The Hall–Kier alpha value is 0.310. The first-order valence-electron chi connectivity index (χ1n) is 4.82. The molecule has 0 aliphatic heterocycles. The van der Waals surface area contributed by atoms with Crippen molar-refractivity contribution in [1.29, 1.82) is 0 Å². The Labute approximate surface area is 80.5 Å². The minimum absolute atomic E-state index is 0.374. The zero-order chi connectivity index (χ0) is 8.98. The lowest BCUT2D eigenvalue weighted by Crippen LogP contribution is -2.35. The number of thiol groups is 1. The highest BCUT2D eigenvalue weighted by Crippen LogP contribution is 2.66. The topological polar surface area (TPSA) is 9.23 Å². The Bertz CT molecular complexity index is 202. The van der Waals surface area contributed by atoms with Gasteiger partial charge in [-0.2, -0.15) is 0 Å². The fourth-order valence-electron chi connectivity index (χ4n) is 3.29. The average Bonchev–Trinajstić information content (AvgIpc) is 2.34. The van der Waals surface area contributed by atoms with Crippen molar-refractivity contribution in [3.63, 3.8) is 0 Å². The van der Waals surface area contributed by atoms with Crippen molar-refractivity contribution in [3.05, 3.63) is 0 Å². The van der Waals surface area contributed by atoms with E-state index in [1.807, 2.05) is 0 Å². The molecule has 2 aliphatic carbocycles. The van der Waals surface area contributed by atoms with Crippen molar-refractivity contribution in [1.82, 2.24) is 0 Å². The SMILES string of the molecule is CC1(C)C2CCC1(C)C(OS)C2. The fourth-order valence-corrected chi connectivity index (χ4v) is 3.61. The van der Waals surface area contributed by atoms with Crippen LogP contribution in [0.25, 0.3) is 0 Å². The summed E-state index contributed by atoms with van der Waals surface area (Å²) in [5.74, 6) is 0.861. The van der Waals surface area contributed by atoms with Gasteiger partial charge in [0.2, 0.25) is 0 Å². The number of fused-ring (bicyclic) bond motifs is 2. The van der Waals surface area contributed by atoms with Crippen LogP contribution in [0.1, 0.15) is 40.0 Å². The molecule has 2 heteroatoms. The molecule has 0 saturated heterocycles. The van der Waals surface area contributed by atoms with Crippen molar-refractivity contribution in [3.8, 4) is 0 Å². The molecule has 0 aromatic rings. The van der Waals surface area contributed by atoms with Gasteiger partial charge in [0.15, 0.2) is 0 Å². The summed E-state index contributed by atoms with van der Waals surface area (Å²) in [6.07, 6.45) is 4.30. The van der Waals surface area contributed by atoms with Crippen LogP contribution in [0.3, 0.4) is 0 Å². The summed E-state index contributed by atoms with van der Waals surface area (Å²) in [5, 5.41) is 0. The summed E-state index contributed by atoms with van der Waals surface area (Å²) in [6, 6.07) is 0. The molecule has 0 amide bonds. The number of hydrogen-bond donors (Lipinski definition) is 1. The first-order chi connectivity index (χ1) is 5.52. The predicted octanol–water partition coefficient (Wildman–Crippen LogP) is 3.06. The van der Waals surface area contributed by atoms with Gasteiger partial charge in [0, 0.05) is 5.41 Å². The first-order valence-corrected chi connectivity index (χ1v) is 5.19. The third-order valence-electron chi connectivity index (χ3n) is 4.84. The Morgan fingerprint density at radius 3 is 2.25 bits per heavy atom. The van der Waals surface area contributed by atoms with E-state index in [1.165, 1.54) is 19.3 Å². The van der Waals surface area contributed by atoms with Gasteiger partial charge in [0.1, 0.15) is 0 Å². The van der Waals surface area contributed by atoms with Crippen LogP contribution in [-0.4, -0.2) is 6.10 Å². The molecule has 0 aromatic carbocycles. The fraction of sp³-hybridized carbons (Fsp3) is 1.00. The molecular weight excluding hydrogens is 168 g/mol. The van der Waals surface area contributed by atoms with Gasteiger partial charge in [-0.25, -0.2) is 0 Å². The Kier molecular flexibility index (Phi) is 1.79. The van der Waals surface area contributed by atoms with E-state index >= 15 is 0 Å². The van der Waals surface area contributed by atoms with E-state index in [0.717, 1.165) is 5.92 Å². The standard InChI is InChI=1S/C10H18OS/c1-9(2)7-4-5-10(9,3)8(6-7)11-12/h7-8,12H,4-6H2,1-3H3. The molecule has 70 valence electrons. The summed E-state index contributed by atoms with van der Waals surface area (Å²) in [7, 11) is 0. The van der Waals surface area contributed by atoms with E-state index in [0.29, 0.717) is 16.9 Å². The quantitative estimate of drug-likeness (QED) is 0.489. The van der Waals surface area contributed by atoms with Crippen LogP contribution in [0.4, 0.5) is 0 Å². The van der Waals surface area contributed by atoms with Crippen molar-refractivity contribution >= 4 is 12.9 Å². The van der Waals surface area contributed by atoms with Gasteiger partial charge in [-0.15, -0.1) is 0 Å². The van der Waals surface area contributed by atoms with Crippen LogP contribution < -0.4 is 0 Å². The molecule has 3 unspecified atom stereocenters. The zero-order valence-electron chi connectivity index (χ0n) is 8.13. The predicted molar refractivity (Wildman–Crippen MR) is 53.1 cm³/mol. The highest BCUT2D eigenvalue weighted by atomic mass is 32.1. The average molecular weight is 186 g/mol. The third kappa shape index (κ3) is 0.805. The van der Waals surface area contributed by atoms with E-state index in [4.69, 9.17) is 4.18 Å². The third-order valence-corrected chi connectivity index (χ3v) is 5.10. The van der Waals surface area contributed by atoms with E-state index in [9.17, 15) is 0 Å². The lowest BCUT2D eigenvalue weighted by Gasteiger charge is -2.37. The monoisotopic (exact) mass is 186 g/mol. The van der Waals surface area contributed by atoms with Crippen LogP contribution in [-0.2, 0) is 4.18 Å². The molecule has 12 heavy (non-hydrogen) atoms. The Balaban J connectivity index is 2.33. The molecule has 0 radical (unpaired) electrons. The van der Waals surface area contributed by atoms with E-state index in [-0.39, 0.29) is 0 Å². The molecule has 2 aliphatic rings. The second-order valence-corrected chi connectivity index (χ2v) is 5.42. The van der Waals surface area contributed by atoms with E-state index in [1.54, 1.807) is 0 Å². The summed E-state index contributed by atoms with van der Waals surface area (Å²) in [5.41, 5.74) is 0.833. The normalized spacial score (nSPS) is 50.0. The molecule has 3 atom stereocenters. The highest BCUT2D eigenvalue weighted by Gasteiger charge is 2.61. The summed E-state index contributed by atoms with van der Waals surface area (Å²) >= 11 is 3.98. The Morgan fingerprint density at radius 2 is 2.00 bits per heavy atom. The van der Waals surface area contributed by atoms with Crippen molar-refractivity contribution in [2.24, 2.45) is 16.7 Å². The van der Waals surface area contributed by atoms with Crippen LogP contribution in [0, 0.1) is 16.7 Å².